The average molecular weight is 690 g/mol. The molecule has 0 saturated heterocycles. The fraction of sp³-hybridized carbons (Fsp3) is 0.795. The standard InChI is InChI=1S/C44H77ClO3/c1-3-5-7-9-11-13-15-17-18-19-21-23-25-27-29-31-38-47-43-39-41(35-36-42(43)40-48-44(46)34-32-37-45)33-30-28-26-24-22-20-16-14-12-10-8-6-4-2/h17-18,35-36,39H,3-16,19-34,37-38,40H2,1-2H3/b18-17-. The van der Waals surface area contributed by atoms with Gasteiger partial charge in [0.25, 0.3) is 0 Å². The molecule has 0 fully saturated rings. The smallest absolute Gasteiger partial charge is 0.306 e. The maximum atomic E-state index is 12.1. The summed E-state index contributed by atoms with van der Waals surface area (Å²) in [6.07, 6.45) is 43.1. The van der Waals surface area contributed by atoms with Gasteiger partial charge in [-0.1, -0.05) is 173 Å². The fourth-order valence-electron chi connectivity index (χ4n) is 6.33. The Balaban J connectivity index is 2.27. The van der Waals surface area contributed by atoms with Crippen molar-refractivity contribution >= 4 is 17.6 Å². The highest BCUT2D eigenvalue weighted by Crippen LogP contribution is 2.24. The Morgan fingerprint density at radius 3 is 1.60 bits per heavy atom. The van der Waals surface area contributed by atoms with Gasteiger partial charge < -0.3 is 9.47 Å². The number of allylic oxidation sites excluding steroid dienone is 2. The molecule has 0 aliphatic heterocycles. The van der Waals surface area contributed by atoms with Crippen LogP contribution in [0, 0.1) is 0 Å². The Kier molecular flexibility index (Phi) is 32.8. The van der Waals surface area contributed by atoms with Crippen molar-refractivity contribution in [1.29, 1.82) is 0 Å². The molecule has 0 bridgehead atoms. The summed E-state index contributed by atoms with van der Waals surface area (Å²) in [6.45, 7) is 5.56. The minimum Gasteiger partial charge on any atom is -0.493 e. The molecule has 0 saturated carbocycles. The number of unbranched alkanes of at least 4 members (excludes halogenated alkanes) is 24. The van der Waals surface area contributed by atoms with Crippen LogP contribution in [0.5, 0.6) is 5.75 Å². The number of carbonyl (C=O) groups is 1. The second-order valence-electron chi connectivity index (χ2n) is 14.2. The second-order valence-corrected chi connectivity index (χ2v) is 14.6. The summed E-state index contributed by atoms with van der Waals surface area (Å²) in [5.41, 5.74) is 2.29. The molecule has 0 atom stereocenters. The molecule has 278 valence electrons. The van der Waals surface area contributed by atoms with Crippen LogP contribution in [0.15, 0.2) is 30.4 Å². The Morgan fingerprint density at radius 2 is 1.08 bits per heavy atom. The lowest BCUT2D eigenvalue weighted by molar-refractivity contribution is -0.145. The summed E-state index contributed by atoms with van der Waals surface area (Å²) in [4.78, 5) is 12.1. The first kappa shape index (κ1) is 44.5. The monoisotopic (exact) mass is 689 g/mol. The van der Waals surface area contributed by atoms with Gasteiger partial charge in [-0.15, -0.1) is 11.6 Å². The maximum Gasteiger partial charge on any atom is 0.306 e. The highest BCUT2D eigenvalue weighted by atomic mass is 35.5. The van der Waals surface area contributed by atoms with Gasteiger partial charge in [-0.2, -0.15) is 0 Å². The number of aryl methyl sites for hydroxylation is 1. The predicted octanol–water partition coefficient (Wildman–Crippen LogP) is 14.8. The van der Waals surface area contributed by atoms with Crippen LogP contribution in [-0.2, 0) is 22.6 Å². The zero-order valence-electron chi connectivity index (χ0n) is 31.8. The number of hydrogen-bond acceptors (Lipinski definition) is 3. The lowest BCUT2D eigenvalue weighted by Crippen LogP contribution is -2.07. The Morgan fingerprint density at radius 1 is 0.604 bits per heavy atom. The SMILES string of the molecule is CCCCCCCC/C=C\CCCCCCCCOc1cc(CCCCCCCCCCCCCCC)ccc1COC(=O)CCCCl. The van der Waals surface area contributed by atoms with Crippen LogP contribution in [-0.4, -0.2) is 18.5 Å². The van der Waals surface area contributed by atoms with E-state index in [0.29, 0.717) is 18.7 Å². The van der Waals surface area contributed by atoms with E-state index in [1.807, 2.05) is 0 Å². The van der Waals surface area contributed by atoms with Crippen LogP contribution in [0.3, 0.4) is 0 Å². The first-order valence-corrected chi connectivity index (χ1v) is 21.4. The first-order valence-electron chi connectivity index (χ1n) is 20.8. The Bertz CT molecular complexity index is 867. The van der Waals surface area contributed by atoms with E-state index in [-0.39, 0.29) is 12.6 Å². The number of esters is 1. The van der Waals surface area contributed by atoms with Gasteiger partial charge in [-0.3, -0.25) is 4.79 Å². The number of hydrogen-bond donors (Lipinski definition) is 0. The molecule has 0 spiro atoms. The van der Waals surface area contributed by atoms with Gasteiger partial charge in [0.2, 0.25) is 0 Å². The second kappa shape index (κ2) is 35.3. The first-order chi connectivity index (χ1) is 23.7. The van der Waals surface area contributed by atoms with E-state index in [2.05, 4.69) is 44.2 Å². The summed E-state index contributed by atoms with van der Waals surface area (Å²) in [7, 11) is 0. The maximum absolute atomic E-state index is 12.1. The zero-order chi connectivity index (χ0) is 34.6. The minimum absolute atomic E-state index is 0.189. The number of benzene rings is 1. The topological polar surface area (TPSA) is 35.5 Å². The number of carbonyl (C=O) groups excluding carboxylic acids is 1. The van der Waals surface area contributed by atoms with Crippen molar-refractivity contribution in [2.24, 2.45) is 0 Å². The molecule has 1 aromatic carbocycles. The lowest BCUT2D eigenvalue weighted by atomic mass is 10.0. The van der Waals surface area contributed by atoms with Gasteiger partial charge in [0.1, 0.15) is 12.4 Å². The molecule has 3 nitrogen and oxygen atoms in total. The summed E-state index contributed by atoms with van der Waals surface area (Å²) in [5.74, 6) is 1.18. The van der Waals surface area contributed by atoms with Crippen molar-refractivity contribution in [3.8, 4) is 5.75 Å². The molecule has 0 aliphatic rings. The summed E-state index contributed by atoms with van der Waals surface area (Å²) < 4.78 is 11.9. The number of halogens is 1. The molecule has 0 N–H and O–H groups in total. The van der Waals surface area contributed by atoms with Gasteiger partial charge >= 0.3 is 5.97 Å². The molecule has 0 aliphatic carbocycles. The fourth-order valence-corrected chi connectivity index (χ4v) is 6.46. The van der Waals surface area contributed by atoms with Gasteiger partial charge in [-0.25, -0.2) is 0 Å². The summed E-state index contributed by atoms with van der Waals surface area (Å²) in [6, 6.07) is 6.49. The van der Waals surface area contributed by atoms with E-state index < -0.39 is 0 Å². The molecule has 0 amide bonds. The van der Waals surface area contributed by atoms with Crippen LogP contribution in [0.2, 0.25) is 0 Å². The summed E-state index contributed by atoms with van der Waals surface area (Å²) >= 11 is 5.75. The van der Waals surface area contributed by atoms with E-state index in [0.717, 1.165) is 30.8 Å². The van der Waals surface area contributed by atoms with Crippen molar-refractivity contribution in [3.63, 3.8) is 0 Å². The Hall–Kier alpha value is -1.48. The number of rotatable bonds is 36. The minimum atomic E-state index is -0.189. The van der Waals surface area contributed by atoms with Crippen molar-refractivity contribution < 1.29 is 14.3 Å². The van der Waals surface area contributed by atoms with Crippen molar-refractivity contribution in [2.75, 3.05) is 12.5 Å². The Labute approximate surface area is 303 Å². The largest absolute Gasteiger partial charge is 0.493 e. The van der Waals surface area contributed by atoms with Crippen LogP contribution in [0.25, 0.3) is 0 Å². The molecule has 0 heterocycles. The van der Waals surface area contributed by atoms with Gasteiger partial charge in [0, 0.05) is 17.9 Å². The number of alkyl halides is 1. The molecule has 4 heteroatoms. The summed E-state index contributed by atoms with van der Waals surface area (Å²) in [5, 5.41) is 0. The third-order valence-electron chi connectivity index (χ3n) is 9.52. The van der Waals surface area contributed by atoms with Gasteiger partial charge in [0.15, 0.2) is 0 Å². The molecule has 0 radical (unpaired) electrons. The van der Waals surface area contributed by atoms with E-state index in [1.165, 1.54) is 173 Å². The van der Waals surface area contributed by atoms with Crippen LogP contribution >= 0.6 is 11.6 Å². The molecule has 1 rings (SSSR count). The van der Waals surface area contributed by atoms with Crippen molar-refractivity contribution in [3.05, 3.63) is 41.5 Å². The van der Waals surface area contributed by atoms with Gasteiger partial charge in [-0.05, 0) is 63.0 Å². The van der Waals surface area contributed by atoms with E-state index in [1.54, 1.807) is 0 Å². The highest BCUT2D eigenvalue weighted by Gasteiger charge is 2.10. The average Bonchev–Trinajstić information content (AvgIpc) is 3.10. The molecule has 0 aromatic heterocycles. The molecule has 1 aromatic rings. The molecule has 48 heavy (non-hydrogen) atoms. The van der Waals surface area contributed by atoms with Gasteiger partial charge in [0.05, 0.1) is 6.61 Å². The number of ether oxygens (including phenoxy) is 2. The van der Waals surface area contributed by atoms with Crippen LogP contribution < -0.4 is 4.74 Å². The molecular weight excluding hydrogens is 612 g/mol. The van der Waals surface area contributed by atoms with Crippen LogP contribution in [0.1, 0.15) is 211 Å². The quantitative estimate of drug-likeness (QED) is 0.0305. The van der Waals surface area contributed by atoms with Crippen molar-refractivity contribution in [2.45, 2.75) is 213 Å². The van der Waals surface area contributed by atoms with E-state index in [9.17, 15) is 4.79 Å². The lowest BCUT2D eigenvalue weighted by Gasteiger charge is -2.14. The van der Waals surface area contributed by atoms with Crippen molar-refractivity contribution in [1.82, 2.24) is 0 Å². The highest BCUT2D eigenvalue weighted by molar-refractivity contribution is 6.17. The zero-order valence-corrected chi connectivity index (χ0v) is 32.6. The molecular formula is C44H77ClO3. The van der Waals surface area contributed by atoms with Crippen LogP contribution in [0.4, 0.5) is 0 Å². The molecule has 0 unspecified atom stereocenters. The third-order valence-corrected chi connectivity index (χ3v) is 9.78. The predicted molar refractivity (Wildman–Crippen MR) is 211 cm³/mol. The normalized spacial score (nSPS) is 11.5. The third kappa shape index (κ3) is 28.4. The van der Waals surface area contributed by atoms with E-state index in [4.69, 9.17) is 21.1 Å². The van der Waals surface area contributed by atoms with E-state index >= 15 is 0 Å².